The standard InChI is InChI=1S/C20H19NOS2/c22-19(15-23-14-18-12-7-13-24-18)21-20(16-8-3-1-4-9-16)17-10-5-2-6-11-17/h1-13,20H,14-15H2,(H,21,22). The third-order valence-corrected chi connectivity index (χ3v) is 5.67. The highest BCUT2D eigenvalue weighted by Gasteiger charge is 2.16. The quantitative estimate of drug-likeness (QED) is 0.655. The third-order valence-electron chi connectivity index (χ3n) is 3.63. The minimum atomic E-state index is -0.109. The van der Waals surface area contributed by atoms with Gasteiger partial charge in [-0.2, -0.15) is 0 Å². The molecule has 0 saturated heterocycles. The van der Waals surface area contributed by atoms with E-state index in [-0.39, 0.29) is 11.9 Å². The van der Waals surface area contributed by atoms with E-state index in [4.69, 9.17) is 0 Å². The minimum Gasteiger partial charge on any atom is -0.344 e. The number of hydrogen-bond acceptors (Lipinski definition) is 3. The van der Waals surface area contributed by atoms with Gasteiger partial charge in [0.15, 0.2) is 0 Å². The van der Waals surface area contributed by atoms with E-state index in [9.17, 15) is 4.79 Å². The topological polar surface area (TPSA) is 29.1 Å². The number of hydrogen-bond donors (Lipinski definition) is 1. The number of rotatable bonds is 7. The summed E-state index contributed by atoms with van der Waals surface area (Å²) < 4.78 is 0. The molecule has 0 atom stereocenters. The van der Waals surface area contributed by atoms with Crippen LogP contribution in [0.4, 0.5) is 0 Å². The Balaban J connectivity index is 1.64. The van der Waals surface area contributed by atoms with Crippen LogP contribution in [0.15, 0.2) is 78.2 Å². The number of thioether (sulfide) groups is 1. The molecule has 0 fully saturated rings. The Morgan fingerprint density at radius 3 is 2.08 bits per heavy atom. The Labute approximate surface area is 150 Å². The van der Waals surface area contributed by atoms with Crippen LogP contribution in [0, 0.1) is 0 Å². The van der Waals surface area contributed by atoms with Crippen molar-refractivity contribution in [3.05, 3.63) is 94.2 Å². The summed E-state index contributed by atoms with van der Waals surface area (Å²) in [6.07, 6.45) is 0. The molecule has 0 aliphatic carbocycles. The van der Waals surface area contributed by atoms with E-state index in [1.807, 2.05) is 42.5 Å². The summed E-state index contributed by atoms with van der Waals surface area (Å²) >= 11 is 3.38. The largest absolute Gasteiger partial charge is 0.344 e. The Morgan fingerprint density at radius 1 is 0.917 bits per heavy atom. The molecule has 0 aliphatic heterocycles. The lowest BCUT2D eigenvalue weighted by Crippen LogP contribution is -2.30. The zero-order chi connectivity index (χ0) is 16.6. The first-order chi connectivity index (χ1) is 11.8. The highest BCUT2D eigenvalue weighted by atomic mass is 32.2. The molecule has 122 valence electrons. The van der Waals surface area contributed by atoms with Crippen LogP contribution in [0.25, 0.3) is 0 Å². The molecule has 0 spiro atoms. The lowest BCUT2D eigenvalue weighted by atomic mass is 9.99. The second-order valence-corrected chi connectivity index (χ2v) is 7.41. The fourth-order valence-electron chi connectivity index (χ4n) is 2.49. The lowest BCUT2D eigenvalue weighted by Gasteiger charge is -2.19. The first kappa shape index (κ1) is 16.8. The van der Waals surface area contributed by atoms with E-state index < -0.39 is 0 Å². The molecule has 0 saturated carbocycles. The molecule has 0 aliphatic rings. The molecule has 0 unspecified atom stereocenters. The molecule has 0 bridgehead atoms. The van der Waals surface area contributed by atoms with Crippen LogP contribution < -0.4 is 5.32 Å². The molecule has 4 heteroatoms. The highest BCUT2D eigenvalue weighted by Crippen LogP contribution is 2.22. The Kier molecular flexibility index (Phi) is 6.10. The van der Waals surface area contributed by atoms with Crippen molar-refractivity contribution in [2.24, 2.45) is 0 Å². The molecule has 1 amide bonds. The van der Waals surface area contributed by atoms with Gasteiger partial charge < -0.3 is 5.32 Å². The molecule has 3 aromatic rings. The number of nitrogens with one attached hydrogen (secondary N) is 1. The zero-order valence-electron chi connectivity index (χ0n) is 13.2. The summed E-state index contributed by atoms with van der Waals surface area (Å²) in [5.41, 5.74) is 2.20. The van der Waals surface area contributed by atoms with Gasteiger partial charge >= 0.3 is 0 Å². The van der Waals surface area contributed by atoms with Crippen LogP contribution in [0.1, 0.15) is 22.0 Å². The van der Waals surface area contributed by atoms with Crippen LogP contribution in [-0.2, 0) is 10.5 Å². The van der Waals surface area contributed by atoms with Crippen molar-refractivity contribution in [3.8, 4) is 0 Å². The Bertz CT molecular complexity index is 702. The lowest BCUT2D eigenvalue weighted by molar-refractivity contribution is -0.119. The molecule has 1 heterocycles. The summed E-state index contributed by atoms with van der Waals surface area (Å²) in [4.78, 5) is 13.7. The minimum absolute atomic E-state index is 0.0641. The van der Waals surface area contributed by atoms with Gasteiger partial charge in [0, 0.05) is 10.6 Å². The van der Waals surface area contributed by atoms with Gasteiger partial charge in [0.2, 0.25) is 5.91 Å². The maximum absolute atomic E-state index is 12.4. The fourth-order valence-corrected chi connectivity index (χ4v) is 4.17. The fraction of sp³-hybridized carbons (Fsp3) is 0.150. The molecule has 1 aromatic heterocycles. The summed E-state index contributed by atoms with van der Waals surface area (Å²) in [7, 11) is 0. The van der Waals surface area contributed by atoms with Crippen molar-refractivity contribution in [1.82, 2.24) is 5.32 Å². The van der Waals surface area contributed by atoms with Crippen LogP contribution in [0.5, 0.6) is 0 Å². The number of carbonyl (C=O) groups is 1. The molecule has 0 radical (unpaired) electrons. The third kappa shape index (κ3) is 4.73. The van der Waals surface area contributed by atoms with Crippen molar-refractivity contribution in [1.29, 1.82) is 0 Å². The molecular weight excluding hydrogens is 334 g/mol. The van der Waals surface area contributed by atoms with Gasteiger partial charge in [-0.25, -0.2) is 0 Å². The van der Waals surface area contributed by atoms with Gasteiger partial charge in [-0.15, -0.1) is 23.1 Å². The predicted octanol–water partition coefficient (Wildman–Crippen LogP) is 4.89. The van der Waals surface area contributed by atoms with Crippen LogP contribution in [0.2, 0.25) is 0 Å². The Hall–Kier alpha value is -2.04. The SMILES string of the molecule is O=C(CSCc1cccs1)NC(c1ccccc1)c1ccccc1. The number of carbonyl (C=O) groups excluding carboxylic acids is 1. The predicted molar refractivity (Wildman–Crippen MR) is 103 cm³/mol. The summed E-state index contributed by atoms with van der Waals surface area (Å²) in [5, 5.41) is 5.24. The molecule has 3 rings (SSSR count). The molecular formula is C20H19NOS2. The van der Waals surface area contributed by atoms with Gasteiger partial charge in [-0.05, 0) is 22.6 Å². The van der Waals surface area contributed by atoms with Crippen LogP contribution in [-0.4, -0.2) is 11.7 Å². The monoisotopic (exact) mass is 353 g/mol. The van der Waals surface area contributed by atoms with E-state index in [0.717, 1.165) is 16.9 Å². The van der Waals surface area contributed by atoms with Gasteiger partial charge in [0.05, 0.1) is 11.8 Å². The van der Waals surface area contributed by atoms with E-state index in [1.165, 1.54) is 4.88 Å². The molecule has 1 N–H and O–H groups in total. The van der Waals surface area contributed by atoms with Gasteiger partial charge in [-0.3, -0.25) is 4.79 Å². The number of benzene rings is 2. The van der Waals surface area contributed by atoms with Crippen molar-refractivity contribution < 1.29 is 4.79 Å². The number of amides is 1. The second-order valence-electron chi connectivity index (χ2n) is 5.39. The number of thiophene rings is 1. The first-order valence-corrected chi connectivity index (χ1v) is 9.86. The van der Waals surface area contributed by atoms with Gasteiger partial charge in [-0.1, -0.05) is 66.7 Å². The zero-order valence-corrected chi connectivity index (χ0v) is 14.9. The van der Waals surface area contributed by atoms with E-state index in [2.05, 4.69) is 41.0 Å². The first-order valence-electron chi connectivity index (χ1n) is 7.82. The summed E-state index contributed by atoms with van der Waals surface area (Å²) in [6.45, 7) is 0. The van der Waals surface area contributed by atoms with Crippen molar-refractivity contribution in [2.45, 2.75) is 11.8 Å². The molecule has 24 heavy (non-hydrogen) atoms. The normalized spacial score (nSPS) is 10.7. The average molecular weight is 354 g/mol. The maximum Gasteiger partial charge on any atom is 0.230 e. The van der Waals surface area contributed by atoms with Gasteiger partial charge in [0.25, 0.3) is 0 Å². The molecule has 2 nitrogen and oxygen atoms in total. The smallest absolute Gasteiger partial charge is 0.230 e. The summed E-state index contributed by atoms with van der Waals surface area (Å²) in [6, 6.07) is 24.2. The van der Waals surface area contributed by atoms with Gasteiger partial charge in [0.1, 0.15) is 0 Å². The van der Waals surface area contributed by atoms with Crippen molar-refractivity contribution in [3.63, 3.8) is 0 Å². The Morgan fingerprint density at radius 2 is 1.54 bits per heavy atom. The maximum atomic E-state index is 12.4. The van der Waals surface area contributed by atoms with E-state index in [1.54, 1.807) is 23.1 Å². The molecule has 2 aromatic carbocycles. The summed E-state index contributed by atoms with van der Waals surface area (Å²) in [5.74, 6) is 1.41. The van der Waals surface area contributed by atoms with E-state index in [0.29, 0.717) is 5.75 Å². The van der Waals surface area contributed by atoms with Crippen LogP contribution >= 0.6 is 23.1 Å². The second kappa shape index (κ2) is 8.71. The van der Waals surface area contributed by atoms with Crippen molar-refractivity contribution >= 4 is 29.0 Å². The van der Waals surface area contributed by atoms with E-state index >= 15 is 0 Å². The highest BCUT2D eigenvalue weighted by molar-refractivity contribution is 7.99. The van der Waals surface area contributed by atoms with Crippen molar-refractivity contribution in [2.75, 3.05) is 5.75 Å². The average Bonchev–Trinajstić information content (AvgIpc) is 3.15. The van der Waals surface area contributed by atoms with Crippen LogP contribution in [0.3, 0.4) is 0 Å².